The van der Waals surface area contributed by atoms with E-state index in [0.29, 0.717) is 36.8 Å². The van der Waals surface area contributed by atoms with Gasteiger partial charge < -0.3 is 5.32 Å². The monoisotopic (exact) mass is 497 g/mol. The molecule has 1 aliphatic rings. The van der Waals surface area contributed by atoms with Crippen molar-refractivity contribution in [3.63, 3.8) is 0 Å². The van der Waals surface area contributed by atoms with E-state index in [1.807, 2.05) is 6.92 Å². The zero-order chi connectivity index (χ0) is 25.0. The van der Waals surface area contributed by atoms with Gasteiger partial charge in [0.05, 0.1) is 16.7 Å². The first-order chi connectivity index (χ1) is 16.7. The summed E-state index contributed by atoms with van der Waals surface area (Å²) in [4.78, 5) is 12.9. The fraction of sp³-hybridized carbons (Fsp3) is 0.321. The molecule has 4 rings (SSSR count). The quantitative estimate of drug-likeness (QED) is 0.430. The second-order valence-electron chi connectivity index (χ2n) is 9.29. The Morgan fingerprint density at radius 2 is 1.54 bits per heavy atom. The molecule has 4 nitrogen and oxygen atoms in total. The fourth-order valence-electron chi connectivity index (χ4n) is 4.70. The number of sulfone groups is 1. The SMILES string of the molecule is C[C@@H](NC(=O)[C@H]1CC[C@H](CS(=O)(=O)c2ccc(-c3ccccc3F)cc2)CC1)c1ccc(F)cc1. The van der Waals surface area contributed by atoms with Crippen LogP contribution in [-0.2, 0) is 14.6 Å². The molecule has 1 fully saturated rings. The number of rotatable bonds is 7. The van der Waals surface area contributed by atoms with Crippen LogP contribution >= 0.6 is 0 Å². The van der Waals surface area contributed by atoms with Gasteiger partial charge in [-0.2, -0.15) is 0 Å². The summed E-state index contributed by atoms with van der Waals surface area (Å²) in [5.41, 5.74) is 1.89. The Labute approximate surface area is 205 Å². The van der Waals surface area contributed by atoms with Crippen LogP contribution in [0.3, 0.4) is 0 Å². The van der Waals surface area contributed by atoms with Crippen molar-refractivity contribution in [3.8, 4) is 11.1 Å². The third kappa shape index (κ3) is 6.14. The molecule has 0 aliphatic heterocycles. The maximum Gasteiger partial charge on any atom is 0.223 e. The molecule has 0 unspecified atom stereocenters. The Kier molecular flexibility index (Phi) is 7.65. The van der Waals surface area contributed by atoms with E-state index >= 15 is 0 Å². The maximum atomic E-state index is 14.0. The average molecular weight is 498 g/mol. The predicted octanol–water partition coefficient (Wildman–Crippen LogP) is 6.09. The van der Waals surface area contributed by atoms with Crippen molar-refractivity contribution in [2.75, 3.05) is 5.75 Å². The Bertz CT molecular complexity index is 1270. The normalized spacial score (nSPS) is 19.2. The summed E-state index contributed by atoms with van der Waals surface area (Å²) >= 11 is 0. The second-order valence-corrected chi connectivity index (χ2v) is 11.3. The fourth-order valence-corrected chi connectivity index (χ4v) is 6.40. The van der Waals surface area contributed by atoms with Crippen LogP contribution < -0.4 is 5.32 Å². The standard InChI is InChI=1S/C28H29F2NO3S/c1-19(21-10-14-24(29)15-11-21)31-28(32)23-8-6-20(7-9-23)18-35(33,34)25-16-12-22(13-17-25)26-4-2-3-5-27(26)30/h2-5,10-17,19-20,23H,6-9,18H2,1H3,(H,31,32)/t19-,20-,23-/m1/s1. The molecule has 3 aromatic carbocycles. The summed E-state index contributed by atoms with van der Waals surface area (Å²) in [6.07, 6.45) is 2.59. The van der Waals surface area contributed by atoms with Crippen molar-refractivity contribution in [1.29, 1.82) is 0 Å². The summed E-state index contributed by atoms with van der Waals surface area (Å²) in [5, 5.41) is 2.99. The van der Waals surface area contributed by atoms with Crippen molar-refractivity contribution in [2.24, 2.45) is 11.8 Å². The van der Waals surface area contributed by atoms with E-state index in [0.717, 1.165) is 5.56 Å². The molecule has 0 spiro atoms. The Morgan fingerprint density at radius 1 is 0.914 bits per heavy atom. The van der Waals surface area contributed by atoms with E-state index in [9.17, 15) is 22.0 Å². The topological polar surface area (TPSA) is 63.2 Å². The Hall–Kier alpha value is -3.06. The molecule has 1 N–H and O–H groups in total. The Morgan fingerprint density at radius 3 is 2.17 bits per heavy atom. The first-order valence-corrected chi connectivity index (χ1v) is 13.5. The minimum Gasteiger partial charge on any atom is -0.349 e. The van der Waals surface area contributed by atoms with Gasteiger partial charge in [-0.15, -0.1) is 0 Å². The van der Waals surface area contributed by atoms with Gasteiger partial charge in [-0.1, -0.05) is 42.5 Å². The van der Waals surface area contributed by atoms with Gasteiger partial charge in [0.2, 0.25) is 5.91 Å². The van der Waals surface area contributed by atoms with Crippen LogP contribution in [0.4, 0.5) is 8.78 Å². The molecule has 0 radical (unpaired) electrons. The highest BCUT2D eigenvalue weighted by Gasteiger charge is 2.30. The lowest BCUT2D eigenvalue weighted by Gasteiger charge is -2.28. The first kappa shape index (κ1) is 25.0. The van der Waals surface area contributed by atoms with Gasteiger partial charge in [0.15, 0.2) is 9.84 Å². The number of carbonyl (C=O) groups is 1. The van der Waals surface area contributed by atoms with Gasteiger partial charge in [0, 0.05) is 11.5 Å². The van der Waals surface area contributed by atoms with E-state index in [2.05, 4.69) is 5.32 Å². The smallest absolute Gasteiger partial charge is 0.223 e. The number of halogens is 2. The molecular weight excluding hydrogens is 468 g/mol. The molecule has 0 bridgehead atoms. The molecule has 0 saturated heterocycles. The van der Waals surface area contributed by atoms with E-state index < -0.39 is 9.84 Å². The summed E-state index contributed by atoms with van der Waals surface area (Å²) in [7, 11) is -3.49. The third-order valence-electron chi connectivity index (χ3n) is 6.80. The molecule has 1 saturated carbocycles. The zero-order valence-electron chi connectivity index (χ0n) is 19.6. The number of nitrogens with one attached hydrogen (secondary N) is 1. The second kappa shape index (κ2) is 10.7. The van der Waals surface area contributed by atoms with Crippen molar-refractivity contribution in [3.05, 3.63) is 90.0 Å². The predicted molar refractivity (Wildman–Crippen MR) is 132 cm³/mol. The van der Waals surface area contributed by atoms with Gasteiger partial charge in [-0.05, 0) is 80.0 Å². The van der Waals surface area contributed by atoms with Crippen molar-refractivity contribution in [1.82, 2.24) is 5.32 Å². The highest BCUT2D eigenvalue weighted by molar-refractivity contribution is 7.91. The zero-order valence-corrected chi connectivity index (χ0v) is 20.4. The first-order valence-electron chi connectivity index (χ1n) is 11.9. The number of benzene rings is 3. The van der Waals surface area contributed by atoms with E-state index in [1.54, 1.807) is 42.5 Å². The van der Waals surface area contributed by atoms with E-state index in [4.69, 9.17) is 0 Å². The minimum absolute atomic E-state index is 0.00943. The van der Waals surface area contributed by atoms with Crippen LogP contribution in [0, 0.1) is 23.5 Å². The molecule has 184 valence electrons. The maximum absolute atomic E-state index is 14.0. The molecule has 1 aliphatic carbocycles. The lowest BCUT2D eigenvalue weighted by atomic mass is 9.82. The summed E-state index contributed by atoms with van der Waals surface area (Å²) < 4.78 is 53.1. The molecule has 0 heterocycles. The molecule has 1 atom stereocenters. The Balaban J connectivity index is 1.31. The van der Waals surface area contributed by atoms with E-state index in [-0.39, 0.29) is 46.1 Å². The number of amides is 1. The van der Waals surface area contributed by atoms with Crippen LogP contribution in [0.2, 0.25) is 0 Å². The minimum atomic E-state index is -3.49. The highest BCUT2D eigenvalue weighted by Crippen LogP contribution is 2.32. The van der Waals surface area contributed by atoms with Gasteiger partial charge in [0.1, 0.15) is 11.6 Å². The van der Waals surface area contributed by atoms with Crippen molar-refractivity contribution < 1.29 is 22.0 Å². The molecule has 1 amide bonds. The van der Waals surface area contributed by atoms with Crippen LogP contribution in [-0.4, -0.2) is 20.1 Å². The molecule has 35 heavy (non-hydrogen) atoms. The highest BCUT2D eigenvalue weighted by atomic mass is 32.2. The molecule has 0 aromatic heterocycles. The van der Waals surface area contributed by atoms with E-state index in [1.165, 1.54) is 30.3 Å². The van der Waals surface area contributed by atoms with Crippen molar-refractivity contribution in [2.45, 2.75) is 43.5 Å². The van der Waals surface area contributed by atoms with Crippen LogP contribution in [0.25, 0.3) is 11.1 Å². The lowest BCUT2D eigenvalue weighted by Crippen LogP contribution is -2.35. The van der Waals surface area contributed by atoms with Gasteiger partial charge in [0.25, 0.3) is 0 Å². The van der Waals surface area contributed by atoms with Crippen LogP contribution in [0.5, 0.6) is 0 Å². The van der Waals surface area contributed by atoms with Crippen LogP contribution in [0.1, 0.15) is 44.2 Å². The van der Waals surface area contributed by atoms with Gasteiger partial charge >= 0.3 is 0 Å². The molecule has 7 heteroatoms. The average Bonchev–Trinajstić information content (AvgIpc) is 2.85. The van der Waals surface area contributed by atoms with Gasteiger partial charge in [-0.3, -0.25) is 4.79 Å². The number of carbonyl (C=O) groups excluding carboxylic acids is 1. The largest absolute Gasteiger partial charge is 0.349 e. The number of hydrogen-bond donors (Lipinski definition) is 1. The number of hydrogen-bond acceptors (Lipinski definition) is 3. The molecule has 3 aromatic rings. The van der Waals surface area contributed by atoms with Crippen LogP contribution in [0.15, 0.2) is 77.7 Å². The molecular formula is C28H29F2NO3S. The third-order valence-corrected chi connectivity index (χ3v) is 8.70. The summed E-state index contributed by atoms with van der Waals surface area (Å²) in [6.45, 7) is 1.86. The summed E-state index contributed by atoms with van der Waals surface area (Å²) in [6, 6.07) is 18.6. The van der Waals surface area contributed by atoms with Crippen molar-refractivity contribution >= 4 is 15.7 Å². The summed E-state index contributed by atoms with van der Waals surface area (Å²) in [5.74, 6) is -0.849. The lowest BCUT2D eigenvalue weighted by molar-refractivity contribution is -0.126. The van der Waals surface area contributed by atoms with Gasteiger partial charge in [-0.25, -0.2) is 17.2 Å².